The van der Waals surface area contributed by atoms with E-state index in [9.17, 15) is 5.11 Å². The summed E-state index contributed by atoms with van der Waals surface area (Å²) >= 11 is 3.55. The molecule has 0 aliphatic rings. The third-order valence-corrected chi connectivity index (χ3v) is 4.21. The highest BCUT2D eigenvalue weighted by atomic mass is 79.9. The van der Waals surface area contributed by atoms with E-state index in [4.69, 9.17) is 9.47 Å². The Morgan fingerprint density at radius 1 is 1.17 bits per heavy atom. The molecule has 0 aliphatic heterocycles. The first-order valence-electron chi connectivity index (χ1n) is 7.58. The highest BCUT2D eigenvalue weighted by Crippen LogP contribution is 2.33. The molecular weight excluding hydrogens is 358 g/mol. The Morgan fingerprint density at radius 2 is 1.91 bits per heavy atom. The molecule has 2 N–H and O–H groups in total. The van der Waals surface area contributed by atoms with Crippen LogP contribution in [-0.4, -0.2) is 25.4 Å². The number of aliphatic hydroxyl groups is 1. The number of benzene rings is 2. The van der Waals surface area contributed by atoms with E-state index in [1.807, 2.05) is 49.4 Å². The standard InChI is InChI=1S/C18H22BrNO3/c1-3-23-18-10-15(19)14(9-17(18)22-2)11-20-12-16(21)13-7-5-4-6-8-13/h4-10,16,20-21H,3,11-12H2,1-2H3. The molecule has 0 amide bonds. The molecule has 4 nitrogen and oxygen atoms in total. The summed E-state index contributed by atoms with van der Waals surface area (Å²) in [5.41, 5.74) is 1.95. The number of nitrogens with one attached hydrogen (secondary N) is 1. The van der Waals surface area contributed by atoms with Gasteiger partial charge in [-0.3, -0.25) is 0 Å². The smallest absolute Gasteiger partial charge is 0.162 e. The van der Waals surface area contributed by atoms with E-state index in [-0.39, 0.29) is 0 Å². The van der Waals surface area contributed by atoms with Crippen LogP contribution < -0.4 is 14.8 Å². The van der Waals surface area contributed by atoms with Gasteiger partial charge in [-0.15, -0.1) is 0 Å². The molecular formula is C18H22BrNO3. The number of hydrogen-bond donors (Lipinski definition) is 2. The molecule has 0 heterocycles. The van der Waals surface area contributed by atoms with Crippen LogP contribution in [0.1, 0.15) is 24.2 Å². The Morgan fingerprint density at radius 3 is 2.57 bits per heavy atom. The molecule has 23 heavy (non-hydrogen) atoms. The van der Waals surface area contributed by atoms with E-state index >= 15 is 0 Å². The van der Waals surface area contributed by atoms with Crippen molar-refractivity contribution in [2.24, 2.45) is 0 Å². The van der Waals surface area contributed by atoms with E-state index in [1.54, 1.807) is 7.11 Å². The lowest BCUT2D eigenvalue weighted by Gasteiger charge is -2.15. The van der Waals surface area contributed by atoms with E-state index in [0.717, 1.165) is 21.3 Å². The van der Waals surface area contributed by atoms with Crippen molar-refractivity contribution >= 4 is 15.9 Å². The monoisotopic (exact) mass is 379 g/mol. The highest BCUT2D eigenvalue weighted by molar-refractivity contribution is 9.10. The van der Waals surface area contributed by atoms with Crippen molar-refractivity contribution < 1.29 is 14.6 Å². The van der Waals surface area contributed by atoms with Crippen molar-refractivity contribution in [2.45, 2.75) is 19.6 Å². The molecule has 0 bridgehead atoms. The maximum Gasteiger partial charge on any atom is 0.162 e. The van der Waals surface area contributed by atoms with Gasteiger partial charge in [0.1, 0.15) is 0 Å². The van der Waals surface area contributed by atoms with Crippen LogP contribution in [0.15, 0.2) is 46.9 Å². The van der Waals surface area contributed by atoms with Crippen LogP contribution in [-0.2, 0) is 6.54 Å². The van der Waals surface area contributed by atoms with E-state index in [1.165, 1.54) is 0 Å². The lowest BCUT2D eigenvalue weighted by atomic mass is 10.1. The average Bonchev–Trinajstić information content (AvgIpc) is 2.57. The van der Waals surface area contributed by atoms with Gasteiger partial charge in [-0.25, -0.2) is 0 Å². The van der Waals surface area contributed by atoms with Gasteiger partial charge >= 0.3 is 0 Å². The third kappa shape index (κ3) is 4.96. The summed E-state index contributed by atoms with van der Waals surface area (Å²) in [6, 6.07) is 13.5. The van der Waals surface area contributed by atoms with Gasteiger partial charge < -0.3 is 19.9 Å². The summed E-state index contributed by atoms with van der Waals surface area (Å²) in [4.78, 5) is 0. The van der Waals surface area contributed by atoms with Crippen LogP contribution in [0.3, 0.4) is 0 Å². The van der Waals surface area contributed by atoms with Gasteiger partial charge in [0, 0.05) is 17.6 Å². The number of halogens is 1. The highest BCUT2D eigenvalue weighted by Gasteiger charge is 2.11. The lowest BCUT2D eigenvalue weighted by molar-refractivity contribution is 0.174. The summed E-state index contributed by atoms with van der Waals surface area (Å²) < 4.78 is 11.9. The molecule has 1 unspecified atom stereocenters. The molecule has 0 saturated heterocycles. The molecule has 5 heteroatoms. The zero-order valence-corrected chi connectivity index (χ0v) is 15.0. The number of methoxy groups -OCH3 is 1. The van der Waals surface area contributed by atoms with Crippen molar-refractivity contribution in [2.75, 3.05) is 20.3 Å². The Hall–Kier alpha value is -1.56. The van der Waals surface area contributed by atoms with Gasteiger partial charge in [0.15, 0.2) is 11.5 Å². The largest absolute Gasteiger partial charge is 0.493 e. The predicted octanol–water partition coefficient (Wildman–Crippen LogP) is 3.68. The molecule has 1 atom stereocenters. The van der Waals surface area contributed by atoms with Crippen LogP contribution in [0.2, 0.25) is 0 Å². The minimum atomic E-state index is -0.528. The minimum Gasteiger partial charge on any atom is -0.493 e. The van der Waals surface area contributed by atoms with Crippen molar-refractivity contribution in [1.29, 1.82) is 0 Å². The normalized spacial score (nSPS) is 12.0. The predicted molar refractivity (Wildman–Crippen MR) is 95.0 cm³/mol. The average molecular weight is 380 g/mol. The zero-order chi connectivity index (χ0) is 16.7. The van der Waals surface area contributed by atoms with E-state index in [0.29, 0.717) is 25.4 Å². The molecule has 0 aromatic heterocycles. The van der Waals surface area contributed by atoms with Gasteiger partial charge in [0.2, 0.25) is 0 Å². The van der Waals surface area contributed by atoms with Crippen molar-refractivity contribution in [1.82, 2.24) is 5.32 Å². The van der Waals surface area contributed by atoms with Crippen LogP contribution in [0.5, 0.6) is 11.5 Å². The molecule has 2 aromatic rings. The Kier molecular flexibility index (Phi) is 6.89. The van der Waals surface area contributed by atoms with Crippen LogP contribution in [0.25, 0.3) is 0 Å². The van der Waals surface area contributed by atoms with Crippen molar-refractivity contribution in [3.63, 3.8) is 0 Å². The second-order valence-electron chi connectivity index (χ2n) is 5.08. The Bertz CT molecular complexity index is 619. The van der Waals surface area contributed by atoms with Crippen LogP contribution in [0.4, 0.5) is 0 Å². The summed E-state index contributed by atoms with van der Waals surface area (Å²) in [7, 11) is 1.63. The molecule has 0 saturated carbocycles. The number of aliphatic hydroxyl groups excluding tert-OH is 1. The molecule has 2 aromatic carbocycles. The van der Waals surface area contributed by atoms with Gasteiger partial charge in [-0.1, -0.05) is 46.3 Å². The summed E-state index contributed by atoms with van der Waals surface area (Å²) in [5, 5.41) is 13.4. The second-order valence-corrected chi connectivity index (χ2v) is 5.94. The minimum absolute atomic E-state index is 0.478. The van der Waals surface area contributed by atoms with Crippen LogP contribution >= 0.6 is 15.9 Å². The quantitative estimate of drug-likeness (QED) is 0.734. The maximum absolute atomic E-state index is 10.2. The fourth-order valence-electron chi connectivity index (χ4n) is 2.28. The first-order valence-corrected chi connectivity index (χ1v) is 8.38. The number of rotatable bonds is 8. The fourth-order valence-corrected chi connectivity index (χ4v) is 2.74. The zero-order valence-electron chi connectivity index (χ0n) is 13.4. The van der Waals surface area contributed by atoms with Gasteiger partial charge in [-0.2, -0.15) is 0 Å². The molecule has 124 valence electrons. The first-order chi connectivity index (χ1) is 11.2. The van der Waals surface area contributed by atoms with E-state index in [2.05, 4.69) is 21.2 Å². The Balaban J connectivity index is 1.97. The maximum atomic E-state index is 10.2. The fraction of sp³-hybridized carbons (Fsp3) is 0.333. The van der Waals surface area contributed by atoms with Gasteiger partial charge in [0.05, 0.1) is 19.8 Å². The number of ether oxygens (including phenoxy) is 2. The molecule has 0 spiro atoms. The number of hydrogen-bond acceptors (Lipinski definition) is 4. The molecule has 2 rings (SSSR count). The van der Waals surface area contributed by atoms with Crippen molar-refractivity contribution in [3.05, 3.63) is 58.1 Å². The topological polar surface area (TPSA) is 50.7 Å². The summed E-state index contributed by atoms with van der Waals surface area (Å²) in [6.45, 7) is 3.62. The SMILES string of the molecule is CCOc1cc(Br)c(CNCC(O)c2ccccc2)cc1OC. The molecule has 0 aliphatic carbocycles. The van der Waals surface area contributed by atoms with Crippen LogP contribution in [0, 0.1) is 0 Å². The molecule has 0 radical (unpaired) electrons. The summed E-state index contributed by atoms with van der Waals surface area (Å²) in [6.07, 6.45) is -0.528. The third-order valence-electron chi connectivity index (χ3n) is 3.47. The summed E-state index contributed by atoms with van der Waals surface area (Å²) in [5.74, 6) is 1.42. The lowest BCUT2D eigenvalue weighted by Crippen LogP contribution is -2.21. The van der Waals surface area contributed by atoms with Gasteiger partial charge in [-0.05, 0) is 30.2 Å². The molecule has 0 fully saturated rings. The second kappa shape index (κ2) is 8.91. The van der Waals surface area contributed by atoms with Gasteiger partial charge in [0.25, 0.3) is 0 Å². The van der Waals surface area contributed by atoms with Crippen molar-refractivity contribution in [3.8, 4) is 11.5 Å². The Labute approximate surface area is 145 Å². The first kappa shape index (κ1) is 17.8. The van der Waals surface area contributed by atoms with E-state index < -0.39 is 6.10 Å².